The quantitative estimate of drug-likeness (QED) is 0.798. The first kappa shape index (κ1) is 15.6. The van der Waals surface area contributed by atoms with Crippen LogP contribution in [0, 0.1) is 0 Å². The highest BCUT2D eigenvalue weighted by atomic mass is 35.5. The van der Waals surface area contributed by atoms with Gasteiger partial charge in [0.2, 0.25) is 0 Å². The number of phenolic OH excluding ortho intramolecular Hbond substituents is 1. The predicted octanol–water partition coefficient (Wildman–Crippen LogP) is 4.17. The molecule has 0 fully saturated rings. The van der Waals surface area contributed by atoms with E-state index in [2.05, 4.69) is 10.3 Å². The number of carbonyl (C=O) groups is 1. The third-order valence-corrected chi connectivity index (χ3v) is 3.81. The molecule has 0 aromatic heterocycles. The number of nitrogens with one attached hydrogen (secondary N) is 1. The fourth-order valence-electron chi connectivity index (χ4n) is 2.11. The fraction of sp³-hybridized carbons (Fsp3) is 0.125. The van der Waals surface area contributed by atoms with Crippen LogP contribution in [0.5, 0.6) is 11.5 Å². The molecule has 0 radical (unpaired) electrons. The summed E-state index contributed by atoms with van der Waals surface area (Å²) >= 11 is 11.8. The minimum Gasteiger partial charge on any atom is -0.506 e. The Balaban J connectivity index is 1.90. The summed E-state index contributed by atoms with van der Waals surface area (Å²) in [6.07, 6.45) is 0.922. The monoisotopic (exact) mass is 350 g/mol. The number of nitrogens with zero attached hydrogens (tertiary/aromatic N) is 1. The molecule has 0 aliphatic carbocycles. The molecule has 0 saturated heterocycles. The number of benzene rings is 2. The highest BCUT2D eigenvalue weighted by Gasteiger charge is 2.23. The van der Waals surface area contributed by atoms with Crippen LogP contribution in [0.3, 0.4) is 0 Å². The Morgan fingerprint density at radius 2 is 2.09 bits per heavy atom. The van der Waals surface area contributed by atoms with Gasteiger partial charge in [-0.25, -0.2) is 0 Å². The summed E-state index contributed by atoms with van der Waals surface area (Å²) in [5, 5.41) is 13.2. The number of hydrogen-bond donors (Lipinski definition) is 2. The van der Waals surface area contributed by atoms with Crippen molar-refractivity contribution in [1.29, 1.82) is 0 Å². The molecule has 2 N–H and O–H groups in total. The summed E-state index contributed by atoms with van der Waals surface area (Å²) < 4.78 is 5.47. The largest absolute Gasteiger partial charge is 0.506 e. The molecular formula is C16H12Cl2N2O3. The average molecular weight is 351 g/mol. The first-order chi connectivity index (χ1) is 10.9. The van der Waals surface area contributed by atoms with Crippen molar-refractivity contribution < 1.29 is 14.6 Å². The number of aliphatic imine (C=N–C) groups is 1. The molecule has 23 heavy (non-hydrogen) atoms. The molecule has 2 aromatic rings. The van der Waals surface area contributed by atoms with Gasteiger partial charge in [0.05, 0.1) is 16.4 Å². The van der Waals surface area contributed by atoms with Crippen LogP contribution in [0.2, 0.25) is 10.0 Å². The van der Waals surface area contributed by atoms with E-state index in [0.29, 0.717) is 27.7 Å². The van der Waals surface area contributed by atoms with E-state index in [4.69, 9.17) is 27.9 Å². The van der Waals surface area contributed by atoms with E-state index in [-0.39, 0.29) is 16.7 Å². The number of carbonyl (C=O) groups excluding carboxylic acids is 1. The molecule has 5 nitrogen and oxygen atoms in total. The van der Waals surface area contributed by atoms with Crippen LogP contribution in [-0.2, 0) is 4.79 Å². The van der Waals surface area contributed by atoms with Gasteiger partial charge in [0.1, 0.15) is 11.5 Å². The van der Waals surface area contributed by atoms with Gasteiger partial charge in [-0.15, -0.1) is 0 Å². The minimum absolute atomic E-state index is 0.0942. The third kappa shape index (κ3) is 3.25. The van der Waals surface area contributed by atoms with Crippen molar-refractivity contribution in [1.82, 2.24) is 0 Å². The summed E-state index contributed by atoms with van der Waals surface area (Å²) in [6, 6.07) is 8.14. The maximum atomic E-state index is 11.6. The average Bonchev–Trinajstić information content (AvgIpc) is 2.50. The molecule has 7 heteroatoms. The molecule has 3 rings (SSSR count). The van der Waals surface area contributed by atoms with E-state index >= 15 is 0 Å². The van der Waals surface area contributed by atoms with E-state index in [0.717, 1.165) is 0 Å². The number of halogens is 2. The number of aromatic hydroxyl groups is 1. The van der Waals surface area contributed by atoms with Gasteiger partial charge in [0, 0.05) is 16.8 Å². The van der Waals surface area contributed by atoms with Gasteiger partial charge in [0.25, 0.3) is 5.91 Å². The van der Waals surface area contributed by atoms with Crippen LogP contribution in [0.25, 0.3) is 0 Å². The molecule has 0 bridgehead atoms. The summed E-state index contributed by atoms with van der Waals surface area (Å²) in [6.45, 7) is 1.68. The van der Waals surface area contributed by atoms with Gasteiger partial charge < -0.3 is 15.2 Å². The van der Waals surface area contributed by atoms with Crippen LogP contribution >= 0.6 is 23.2 Å². The molecule has 1 heterocycles. The summed E-state index contributed by atoms with van der Waals surface area (Å²) in [7, 11) is 0. The second kappa shape index (κ2) is 6.10. The summed E-state index contributed by atoms with van der Waals surface area (Å²) in [5.41, 5.74) is 1.53. The van der Waals surface area contributed by atoms with Gasteiger partial charge in [-0.05, 0) is 37.3 Å². The van der Waals surface area contributed by atoms with Crippen LogP contribution in [0.4, 0.5) is 11.4 Å². The van der Waals surface area contributed by atoms with E-state index < -0.39 is 6.10 Å². The van der Waals surface area contributed by atoms with E-state index in [1.54, 1.807) is 31.2 Å². The van der Waals surface area contributed by atoms with Crippen molar-refractivity contribution in [2.45, 2.75) is 13.0 Å². The Bertz CT molecular complexity index is 821. The van der Waals surface area contributed by atoms with Gasteiger partial charge in [0.15, 0.2) is 6.10 Å². The fourth-order valence-corrected chi connectivity index (χ4v) is 2.61. The van der Waals surface area contributed by atoms with Crippen molar-refractivity contribution in [2.24, 2.45) is 4.99 Å². The zero-order valence-electron chi connectivity index (χ0n) is 12.0. The van der Waals surface area contributed by atoms with Crippen LogP contribution in [-0.4, -0.2) is 23.3 Å². The standard InChI is InChI=1S/C16H12Cl2N2O3/c1-8-16(22)20-13-6-11(2-3-14(13)23-8)19-7-9-4-10(17)5-12(18)15(9)21/h2-8,21H,1H3,(H,20,22)/t8-/m1/s1. The van der Waals surface area contributed by atoms with E-state index in [1.807, 2.05) is 0 Å². The lowest BCUT2D eigenvalue weighted by Crippen LogP contribution is -2.34. The second-order valence-electron chi connectivity index (χ2n) is 5.01. The van der Waals surface area contributed by atoms with Crippen LogP contribution in [0.1, 0.15) is 12.5 Å². The number of rotatable bonds is 2. The van der Waals surface area contributed by atoms with Crippen molar-refractivity contribution >= 4 is 46.7 Å². The number of amides is 1. The highest BCUT2D eigenvalue weighted by Crippen LogP contribution is 2.34. The molecule has 2 aromatic carbocycles. The number of ether oxygens (including phenoxy) is 1. The maximum Gasteiger partial charge on any atom is 0.265 e. The minimum atomic E-state index is -0.526. The molecule has 1 aliphatic rings. The first-order valence-electron chi connectivity index (χ1n) is 6.77. The number of hydrogen-bond acceptors (Lipinski definition) is 4. The zero-order chi connectivity index (χ0) is 16.6. The molecule has 0 unspecified atom stereocenters. The lowest BCUT2D eigenvalue weighted by Gasteiger charge is -2.23. The van der Waals surface area contributed by atoms with E-state index in [9.17, 15) is 9.90 Å². The SMILES string of the molecule is C[C@H]1Oc2ccc(N=Cc3cc(Cl)cc(Cl)c3O)cc2NC1=O. The maximum absolute atomic E-state index is 11.6. The lowest BCUT2D eigenvalue weighted by atomic mass is 10.2. The number of anilines is 1. The van der Waals surface area contributed by atoms with Crippen LogP contribution < -0.4 is 10.1 Å². The predicted molar refractivity (Wildman–Crippen MR) is 90.5 cm³/mol. The third-order valence-electron chi connectivity index (χ3n) is 3.30. The highest BCUT2D eigenvalue weighted by molar-refractivity contribution is 6.36. The Kier molecular flexibility index (Phi) is 4.15. The van der Waals surface area contributed by atoms with Crippen molar-refractivity contribution in [3.8, 4) is 11.5 Å². The summed E-state index contributed by atoms with van der Waals surface area (Å²) in [4.78, 5) is 15.9. The Labute approximate surface area is 142 Å². The molecule has 1 amide bonds. The van der Waals surface area contributed by atoms with Gasteiger partial charge in [-0.3, -0.25) is 9.79 Å². The number of phenols is 1. The number of fused-ring (bicyclic) bond motifs is 1. The molecule has 1 aliphatic heterocycles. The molecular weight excluding hydrogens is 339 g/mol. The molecule has 1 atom stereocenters. The van der Waals surface area contributed by atoms with E-state index in [1.165, 1.54) is 12.3 Å². The van der Waals surface area contributed by atoms with Gasteiger partial charge in [-0.2, -0.15) is 0 Å². The Morgan fingerprint density at radius 1 is 1.30 bits per heavy atom. The normalized spacial score (nSPS) is 16.8. The molecule has 0 spiro atoms. The van der Waals surface area contributed by atoms with Crippen LogP contribution in [0.15, 0.2) is 35.3 Å². The lowest BCUT2D eigenvalue weighted by molar-refractivity contribution is -0.122. The Hall–Kier alpha value is -2.24. The van der Waals surface area contributed by atoms with Crippen molar-refractivity contribution in [3.63, 3.8) is 0 Å². The van der Waals surface area contributed by atoms with Gasteiger partial charge in [-0.1, -0.05) is 23.2 Å². The molecule has 118 valence electrons. The first-order valence-corrected chi connectivity index (χ1v) is 7.53. The van der Waals surface area contributed by atoms with Crippen molar-refractivity contribution in [3.05, 3.63) is 45.9 Å². The Morgan fingerprint density at radius 3 is 2.87 bits per heavy atom. The second-order valence-corrected chi connectivity index (χ2v) is 5.86. The topological polar surface area (TPSA) is 70.9 Å². The van der Waals surface area contributed by atoms with Gasteiger partial charge >= 0.3 is 0 Å². The summed E-state index contributed by atoms with van der Waals surface area (Å²) in [5.74, 6) is 0.283. The smallest absolute Gasteiger partial charge is 0.265 e. The van der Waals surface area contributed by atoms with Crippen molar-refractivity contribution in [2.75, 3.05) is 5.32 Å². The molecule has 0 saturated carbocycles. The zero-order valence-corrected chi connectivity index (χ0v) is 13.5.